The van der Waals surface area contributed by atoms with Gasteiger partial charge in [-0.05, 0) is 30.5 Å². The average molecular weight is 277 g/mol. The number of nitrogens with zero attached hydrogens (tertiary/aromatic N) is 2. The first kappa shape index (κ1) is 13.6. The Bertz CT molecular complexity index is 735. The van der Waals surface area contributed by atoms with E-state index in [1.807, 2.05) is 30.5 Å². The van der Waals surface area contributed by atoms with Crippen molar-refractivity contribution in [1.29, 1.82) is 0 Å². The van der Waals surface area contributed by atoms with Gasteiger partial charge in [0.1, 0.15) is 0 Å². The van der Waals surface area contributed by atoms with Crippen LogP contribution in [-0.4, -0.2) is 9.97 Å². The third-order valence-corrected chi connectivity index (χ3v) is 3.72. The summed E-state index contributed by atoms with van der Waals surface area (Å²) in [6, 6.07) is 16.9. The molecule has 1 heterocycles. The van der Waals surface area contributed by atoms with Gasteiger partial charge in [-0.15, -0.1) is 0 Å². The van der Waals surface area contributed by atoms with E-state index in [0.29, 0.717) is 5.95 Å². The predicted molar refractivity (Wildman–Crippen MR) is 87.4 cm³/mol. The Morgan fingerprint density at radius 1 is 1.05 bits per heavy atom. The van der Waals surface area contributed by atoms with E-state index in [2.05, 4.69) is 53.4 Å². The summed E-state index contributed by atoms with van der Waals surface area (Å²) in [4.78, 5) is 8.94. The molecule has 0 amide bonds. The lowest BCUT2D eigenvalue weighted by Gasteiger charge is -2.14. The van der Waals surface area contributed by atoms with Crippen molar-refractivity contribution in [3.8, 4) is 0 Å². The third-order valence-electron chi connectivity index (χ3n) is 3.72. The van der Waals surface area contributed by atoms with Crippen molar-refractivity contribution in [1.82, 2.24) is 9.97 Å². The van der Waals surface area contributed by atoms with Crippen LogP contribution in [-0.2, 0) is 6.42 Å². The first-order valence-electron chi connectivity index (χ1n) is 7.33. The minimum atomic E-state index is 0.178. The van der Waals surface area contributed by atoms with E-state index in [9.17, 15) is 0 Å². The highest BCUT2D eigenvalue weighted by Gasteiger charge is 2.07. The van der Waals surface area contributed by atoms with Crippen molar-refractivity contribution < 1.29 is 0 Å². The lowest BCUT2D eigenvalue weighted by Crippen LogP contribution is -2.09. The molecule has 1 unspecified atom stereocenters. The van der Waals surface area contributed by atoms with Crippen LogP contribution in [0.3, 0.4) is 0 Å². The molecule has 0 aliphatic rings. The molecule has 21 heavy (non-hydrogen) atoms. The van der Waals surface area contributed by atoms with Crippen molar-refractivity contribution in [3.05, 3.63) is 65.9 Å². The summed E-state index contributed by atoms with van der Waals surface area (Å²) in [5.74, 6) is 0.667. The summed E-state index contributed by atoms with van der Waals surface area (Å²) >= 11 is 0. The fourth-order valence-electron chi connectivity index (χ4n) is 2.36. The number of hydrogen-bond donors (Lipinski definition) is 1. The van der Waals surface area contributed by atoms with Crippen LogP contribution in [0.25, 0.3) is 10.9 Å². The standard InChI is InChI=1S/C18H19N3/c1-3-14-8-10-15(11-9-14)13(2)20-18-19-12-16-6-4-5-7-17(16)21-18/h4-13H,3H2,1-2H3,(H,19,20,21). The summed E-state index contributed by atoms with van der Waals surface area (Å²) in [7, 11) is 0. The third kappa shape index (κ3) is 3.02. The van der Waals surface area contributed by atoms with Crippen molar-refractivity contribution in [2.45, 2.75) is 26.3 Å². The minimum absolute atomic E-state index is 0.178. The molecule has 0 aliphatic carbocycles. The number of para-hydroxylation sites is 1. The molecule has 106 valence electrons. The SMILES string of the molecule is CCc1ccc(C(C)Nc2ncc3ccccc3n2)cc1. The van der Waals surface area contributed by atoms with Gasteiger partial charge in [0.15, 0.2) is 0 Å². The van der Waals surface area contributed by atoms with E-state index in [1.165, 1.54) is 11.1 Å². The maximum atomic E-state index is 4.55. The molecule has 3 heteroatoms. The van der Waals surface area contributed by atoms with Crippen molar-refractivity contribution in [2.75, 3.05) is 5.32 Å². The lowest BCUT2D eigenvalue weighted by molar-refractivity contribution is 0.862. The maximum Gasteiger partial charge on any atom is 0.223 e. The Morgan fingerprint density at radius 2 is 1.81 bits per heavy atom. The lowest BCUT2D eigenvalue weighted by atomic mass is 10.1. The molecule has 1 atom stereocenters. The highest BCUT2D eigenvalue weighted by Crippen LogP contribution is 2.19. The molecule has 0 spiro atoms. The van der Waals surface area contributed by atoms with Crippen LogP contribution in [0.2, 0.25) is 0 Å². The molecule has 0 saturated heterocycles. The zero-order chi connectivity index (χ0) is 14.7. The van der Waals surface area contributed by atoms with Gasteiger partial charge in [0.2, 0.25) is 5.95 Å². The molecular formula is C18H19N3. The number of aryl methyl sites for hydroxylation is 1. The molecule has 0 saturated carbocycles. The van der Waals surface area contributed by atoms with E-state index in [0.717, 1.165) is 17.3 Å². The number of hydrogen-bond acceptors (Lipinski definition) is 3. The molecule has 3 rings (SSSR count). The smallest absolute Gasteiger partial charge is 0.223 e. The first-order chi connectivity index (χ1) is 10.3. The fourth-order valence-corrected chi connectivity index (χ4v) is 2.36. The molecule has 0 bridgehead atoms. The minimum Gasteiger partial charge on any atom is -0.348 e. The van der Waals surface area contributed by atoms with Gasteiger partial charge in [-0.25, -0.2) is 9.97 Å². The molecule has 2 aromatic carbocycles. The van der Waals surface area contributed by atoms with Gasteiger partial charge >= 0.3 is 0 Å². The molecule has 0 aliphatic heterocycles. The van der Waals surface area contributed by atoms with E-state index in [-0.39, 0.29) is 6.04 Å². The van der Waals surface area contributed by atoms with E-state index >= 15 is 0 Å². The summed E-state index contributed by atoms with van der Waals surface area (Å²) in [5, 5.41) is 4.42. The maximum absolute atomic E-state index is 4.55. The van der Waals surface area contributed by atoms with Gasteiger partial charge in [0, 0.05) is 11.6 Å². The van der Waals surface area contributed by atoms with Crippen LogP contribution >= 0.6 is 0 Å². The van der Waals surface area contributed by atoms with E-state index in [1.54, 1.807) is 0 Å². The molecule has 3 nitrogen and oxygen atoms in total. The Kier molecular flexibility index (Phi) is 3.82. The number of anilines is 1. The number of benzene rings is 2. The van der Waals surface area contributed by atoms with Crippen molar-refractivity contribution in [2.24, 2.45) is 0 Å². The second-order valence-corrected chi connectivity index (χ2v) is 5.21. The van der Waals surface area contributed by atoms with Crippen molar-refractivity contribution >= 4 is 16.9 Å². The summed E-state index contributed by atoms with van der Waals surface area (Å²) in [6.45, 7) is 4.29. The molecule has 1 aromatic heterocycles. The van der Waals surface area contributed by atoms with Gasteiger partial charge in [0.25, 0.3) is 0 Å². The Balaban J connectivity index is 1.79. The number of nitrogens with one attached hydrogen (secondary N) is 1. The van der Waals surface area contributed by atoms with Crippen LogP contribution in [0.5, 0.6) is 0 Å². The summed E-state index contributed by atoms with van der Waals surface area (Å²) < 4.78 is 0. The van der Waals surface area contributed by atoms with Crippen LogP contribution in [0.15, 0.2) is 54.7 Å². The zero-order valence-corrected chi connectivity index (χ0v) is 12.4. The van der Waals surface area contributed by atoms with Gasteiger partial charge in [-0.3, -0.25) is 0 Å². The quantitative estimate of drug-likeness (QED) is 0.769. The largest absolute Gasteiger partial charge is 0.348 e. The van der Waals surface area contributed by atoms with Gasteiger partial charge in [-0.2, -0.15) is 0 Å². The second-order valence-electron chi connectivity index (χ2n) is 5.21. The number of aromatic nitrogens is 2. The van der Waals surface area contributed by atoms with Crippen LogP contribution in [0.1, 0.15) is 31.0 Å². The Morgan fingerprint density at radius 3 is 2.57 bits per heavy atom. The fraction of sp³-hybridized carbons (Fsp3) is 0.222. The topological polar surface area (TPSA) is 37.8 Å². The highest BCUT2D eigenvalue weighted by molar-refractivity contribution is 5.78. The number of rotatable bonds is 4. The van der Waals surface area contributed by atoms with Crippen molar-refractivity contribution in [3.63, 3.8) is 0 Å². The van der Waals surface area contributed by atoms with Crippen LogP contribution in [0, 0.1) is 0 Å². The number of fused-ring (bicyclic) bond motifs is 1. The molecule has 1 N–H and O–H groups in total. The molecular weight excluding hydrogens is 258 g/mol. The first-order valence-corrected chi connectivity index (χ1v) is 7.33. The predicted octanol–water partition coefficient (Wildman–Crippen LogP) is 4.37. The highest BCUT2D eigenvalue weighted by atomic mass is 15.1. The van der Waals surface area contributed by atoms with E-state index in [4.69, 9.17) is 0 Å². The monoisotopic (exact) mass is 277 g/mol. The Labute approximate surface area is 125 Å². The van der Waals surface area contributed by atoms with Gasteiger partial charge < -0.3 is 5.32 Å². The van der Waals surface area contributed by atoms with E-state index < -0.39 is 0 Å². The molecule has 3 aromatic rings. The summed E-state index contributed by atoms with van der Waals surface area (Å²) in [5.41, 5.74) is 3.56. The van der Waals surface area contributed by atoms with Crippen LogP contribution < -0.4 is 5.32 Å². The second kappa shape index (κ2) is 5.92. The zero-order valence-electron chi connectivity index (χ0n) is 12.4. The average Bonchev–Trinajstić information content (AvgIpc) is 2.55. The normalized spacial score (nSPS) is 12.3. The van der Waals surface area contributed by atoms with Gasteiger partial charge in [0.05, 0.1) is 11.6 Å². The molecule has 0 radical (unpaired) electrons. The van der Waals surface area contributed by atoms with Crippen LogP contribution in [0.4, 0.5) is 5.95 Å². The Hall–Kier alpha value is -2.42. The molecule has 0 fully saturated rings. The summed E-state index contributed by atoms with van der Waals surface area (Å²) in [6.07, 6.45) is 2.92. The van der Waals surface area contributed by atoms with Gasteiger partial charge in [-0.1, -0.05) is 49.4 Å².